The fourth-order valence-corrected chi connectivity index (χ4v) is 2.45. The minimum Gasteiger partial charge on any atom is -0.491 e. The fourth-order valence-electron chi connectivity index (χ4n) is 2.45. The topological polar surface area (TPSA) is 47.0 Å². The summed E-state index contributed by atoms with van der Waals surface area (Å²) >= 11 is 0. The van der Waals surface area contributed by atoms with Crippen LogP contribution in [-0.2, 0) is 0 Å². The third-order valence-electron chi connectivity index (χ3n) is 3.37. The lowest BCUT2D eigenvalue weighted by Gasteiger charge is -2.10. The zero-order valence-corrected chi connectivity index (χ0v) is 12.8. The molecule has 4 nitrogen and oxygen atoms in total. The van der Waals surface area contributed by atoms with Gasteiger partial charge in [0, 0.05) is 16.8 Å². The van der Waals surface area contributed by atoms with Crippen LogP contribution in [0.5, 0.6) is 5.75 Å². The van der Waals surface area contributed by atoms with Gasteiger partial charge in [0.05, 0.1) is 6.54 Å². The molecule has 0 aliphatic carbocycles. The largest absolute Gasteiger partial charge is 0.491 e. The molecule has 112 valence electrons. The molecule has 0 aliphatic rings. The molecule has 1 heterocycles. The number of nitrogens with zero attached hydrogens (tertiary/aromatic N) is 2. The highest BCUT2D eigenvalue weighted by atomic mass is 16.5. The number of hydrogen-bond acceptors (Lipinski definition) is 4. The summed E-state index contributed by atoms with van der Waals surface area (Å²) in [5.41, 5.74) is 1.93. The van der Waals surface area contributed by atoms with Crippen molar-refractivity contribution in [2.45, 2.75) is 13.8 Å². The molecule has 0 saturated heterocycles. The van der Waals surface area contributed by atoms with Gasteiger partial charge in [-0.2, -0.15) is 0 Å². The highest BCUT2D eigenvalue weighted by Crippen LogP contribution is 2.24. The molecule has 0 amide bonds. The Morgan fingerprint density at radius 1 is 0.955 bits per heavy atom. The Kier molecular flexibility index (Phi) is 4.19. The van der Waals surface area contributed by atoms with E-state index in [-0.39, 0.29) is 0 Å². The minimum atomic E-state index is 0.560. The van der Waals surface area contributed by atoms with Crippen LogP contribution >= 0.6 is 0 Å². The van der Waals surface area contributed by atoms with Gasteiger partial charge in [-0.1, -0.05) is 36.4 Å². The first-order valence-corrected chi connectivity index (χ1v) is 7.39. The molecule has 0 spiro atoms. The van der Waals surface area contributed by atoms with Crippen LogP contribution in [0.15, 0.2) is 48.5 Å². The van der Waals surface area contributed by atoms with Gasteiger partial charge >= 0.3 is 0 Å². The number of aryl methyl sites for hydroxylation is 2. The van der Waals surface area contributed by atoms with E-state index >= 15 is 0 Å². The fraction of sp³-hybridized carbons (Fsp3) is 0.222. The highest BCUT2D eigenvalue weighted by molar-refractivity contribution is 5.88. The molecule has 0 unspecified atom stereocenters. The van der Waals surface area contributed by atoms with Crippen molar-refractivity contribution in [2.24, 2.45) is 0 Å². The van der Waals surface area contributed by atoms with E-state index < -0.39 is 0 Å². The van der Waals surface area contributed by atoms with Gasteiger partial charge in [0.25, 0.3) is 0 Å². The van der Waals surface area contributed by atoms with E-state index in [0.29, 0.717) is 19.1 Å². The summed E-state index contributed by atoms with van der Waals surface area (Å²) in [4.78, 5) is 8.70. The van der Waals surface area contributed by atoms with Crippen molar-refractivity contribution in [3.63, 3.8) is 0 Å². The molecule has 0 bridgehead atoms. The van der Waals surface area contributed by atoms with Crippen molar-refractivity contribution < 1.29 is 4.74 Å². The van der Waals surface area contributed by atoms with Gasteiger partial charge in [-0.15, -0.1) is 0 Å². The summed E-state index contributed by atoms with van der Waals surface area (Å²) < 4.78 is 5.88. The van der Waals surface area contributed by atoms with Gasteiger partial charge in [0.1, 0.15) is 12.4 Å². The average Bonchev–Trinajstić information content (AvgIpc) is 2.51. The Labute approximate surface area is 130 Å². The molecule has 0 atom stereocenters. The maximum Gasteiger partial charge on any atom is 0.223 e. The van der Waals surface area contributed by atoms with E-state index in [4.69, 9.17) is 4.74 Å². The molecule has 3 aromatic rings. The maximum atomic E-state index is 5.88. The molecule has 3 rings (SSSR count). The van der Waals surface area contributed by atoms with Gasteiger partial charge in [-0.05, 0) is 31.4 Å². The number of rotatable bonds is 5. The third kappa shape index (κ3) is 3.34. The van der Waals surface area contributed by atoms with Gasteiger partial charge in [0.15, 0.2) is 0 Å². The van der Waals surface area contributed by atoms with Crippen molar-refractivity contribution in [1.29, 1.82) is 0 Å². The van der Waals surface area contributed by atoms with Crippen LogP contribution in [0.1, 0.15) is 11.4 Å². The van der Waals surface area contributed by atoms with E-state index in [1.54, 1.807) is 0 Å². The molecule has 1 aromatic heterocycles. The van der Waals surface area contributed by atoms with E-state index in [1.807, 2.05) is 44.2 Å². The normalized spacial score (nSPS) is 10.6. The van der Waals surface area contributed by atoms with E-state index in [0.717, 1.165) is 22.5 Å². The predicted octanol–water partition coefficient (Wildman–Crippen LogP) is 3.74. The summed E-state index contributed by atoms with van der Waals surface area (Å²) in [7, 11) is 0. The second-order valence-electron chi connectivity index (χ2n) is 5.23. The quantitative estimate of drug-likeness (QED) is 0.728. The lowest BCUT2D eigenvalue weighted by atomic mass is 10.1. The van der Waals surface area contributed by atoms with Crippen molar-refractivity contribution >= 4 is 16.7 Å². The molecular weight excluding hydrogens is 274 g/mol. The van der Waals surface area contributed by atoms with Gasteiger partial charge in [0.2, 0.25) is 5.95 Å². The standard InChI is InChI=1S/C18H19N3O/c1-13-12-14(2)21-18(20-13)19-10-11-22-17-9-5-7-15-6-3-4-8-16(15)17/h3-9,12H,10-11H2,1-2H3,(H,19,20,21). The van der Waals surface area contributed by atoms with Crippen molar-refractivity contribution in [1.82, 2.24) is 9.97 Å². The third-order valence-corrected chi connectivity index (χ3v) is 3.37. The van der Waals surface area contributed by atoms with Crippen LogP contribution in [0.2, 0.25) is 0 Å². The molecule has 1 N–H and O–H groups in total. The zero-order valence-electron chi connectivity index (χ0n) is 12.8. The first-order chi connectivity index (χ1) is 10.7. The lowest BCUT2D eigenvalue weighted by molar-refractivity contribution is 0.336. The molecule has 4 heteroatoms. The van der Waals surface area contributed by atoms with Crippen molar-refractivity contribution in [3.8, 4) is 5.75 Å². The molecule has 0 saturated carbocycles. The monoisotopic (exact) mass is 293 g/mol. The van der Waals surface area contributed by atoms with Crippen molar-refractivity contribution in [2.75, 3.05) is 18.5 Å². The summed E-state index contributed by atoms with van der Waals surface area (Å²) in [5, 5.41) is 5.52. The number of anilines is 1. The maximum absolute atomic E-state index is 5.88. The molecular formula is C18H19N3O. The number of fused-ring (bicyclic) bond motifs is 1. The van der Waals surface area contributed by atoms with Gasteiger partial charge < -0.3 is 10.1 Å². The first kappa shape index (κ1) is 14.3. The Bertz CT molecular complexity index is 761. The zero-order chi connectivity index (χ0) is 15.4. The Balaban J connectivity index is 1.61. The average molecular weight is 293 g/mol. The smallest absolute Gasteiger partial charge is 0.223 e. The second-order valence-corrected chi connectivity index (χ2v) is 5.23. The Hall–Kier alpha value is -2.62. The molecule has 0 fully saturated rings. The molecule has 0 radical (unpaired) electrons. The van der Waals surface area contributed by atoms with Crippen LogP contribution in [0, 0.1) is 13.8 Å². The van der Waals surface area contributed by atoms with Crippen LogP contribution in [0.4, 0.5) is 5.95 Å². The number of benzene rings is 2. The Morgan fingerprint density at radius 3 is 2.50 bits per heavy atom. The van der Waals surface area contributed by atoms with E-state index in [2.05, 4.69) is 33.5 Å². The number of hydrogen-bond donors (Lipinski definition) is 1. The van der Waals surface area contributed by atoms with E-state index in [9.17, 15) is 0 Å². The minimum absolute atomic E-state index is 0.560. The summed E-state index contributed by atoms with van der Waals surface area (Å²) in [6.45, 7) is 5.15. The lowest BCUT2D eigenvalue weighted by Crippen LogP contribution is -2.14. The van der Waals surface area contributed by atoms with Crippen LogP contribution in [0.25, 0.3) is 10.8 Å². The first-order valence-electron chi connectivity index (χ1n) is 7.39. The summed E-state index contributed by atoms with van der Waals surface area (Å²) in [6.07, 6.45) is 0. The second kappa shape index (κ2) is 6.43. The Morgan fingerprint density at radius 2 is 1.68 bits per heavy atom. The van der Waals surface area contributed by atoms with Gasteiger partial charge in [-0.3, -0.25) is 0 Å². The van der Waals surface area contributed by atoms with Crippen LogP contribution in [0.3, 0.4) is 0 Å². The molecule has 0 aliphatic heterocycles. The summed E-state index contributed by atoms with van der Waals surface area (Å²) in [5.74, 6) is 1.56. The number of nitrogens with one attached hydrogen (secondary N) is 1. The number of ether oxygens (including phenoxy) is 1. The van der Waals surface area contributed by atoms with Crippen molar-refractivity contribution in [3.05, 3.63) is 59.9 Å². The molecule has 2 aromatic carbocycles. The van der Waals surface area contributed by atoms with E-state index in [1.165, 1.54) is 5.39 Å². The highest BCUT2D eigenvalue weighted by Gasteiger charge is 2.02. The van der Waals surface area contributed by atoms with Crippen LogP contribution in [-0.4, -0.2) is 23.1 Å². The number of aromatic nitrogens is 2. The van der Waals surface area contributed by atoms with Gasteiger partial charge in [-0.25, -0.2) is 9.97 Å². The summed E-state index contributed by atoms with van der Waals surface area (Å²) in [6, 6.07) is 16.3. The molecule has 22 heavy (non-hydrogen) atoms. The van der Waals surface area contributed by atoms with Crippen LogP contribution < -0.4 is 10.1 Å². The SMILES string of the molecule is Cc1cc(C)nc(NCCOc2cccc3ccccc23)n1. The predicted molar refractivity (Wildman–Crippen MR) is 89.4 cm³/mol.